The number of ether oxygens (including phenoxy) is 2. The van der Waals surface area contributed by atoms with Crippen molar-refractivity contribution < 1.29 is 61.7 Å². The van der Waals surface area contributed by atoms with Crippen LogP contribution in [-0.4, -0.2) is 74.8 Å². The molecule has 0 aliphatic carbocycles. The summed E-state index contributed by atoms with van der Waals surface area (Å²) in [5, 5.41) is 58.5. The molecule has 1 aliphatic heterocycles. The lowest BCUT2D eigenvalue weighted by atomic mass is 10.1. The molecule has 2 unspecified atom stereocenters. The summed E-state index contributed by atoms with van der Waals surface area (Å²) in [6, 6.07) is 5.01. The first-order valence-corrected chi connectivity index (χ1v) is 11.1. The highest BCUT2D eigenvalue weighted by atomic mass is 32.3. The van der Waals surface area contributed by atoms with Crippen molar-refractivity contribution in [3.05, 3.63) is 40.6 Å². The Morgan fingerprint density at radius 2 is 1.66 bits per heavy atom. The number of phenolic OH excluding ortho intramolecular Hbond substituents is 3. The van der Waals surface area contributed by atoms with E-state index >= 15 is 0 Å². The van der Waals surface area contributed by atoms with Gasteiger partial charge in [0.25, 0.3) is 0 Å². The second-order valence-electron chi connectivity index (χ2n) is 7.49. The predicted octanol–water partition coefficient (Wildman–Crippen LogP) is -0.424. The summed E-state index contributed by atoms with van der Waals surface area (Å²) in [6.45, 7) is -0.373. The van der Waals surface area contributed by atoms with Gasteiger partial charge in [-0.15, -0.1) is 0 Å². The molecule has 0 amide bonds. The average molecular weight is 514 g/mol. The minimum atomic E-state index is -5.24. The van der Waals surface area contributed by atoms with Crippen molar-refractivity contribution in [1.29, 1.82) is 0 Å². The Morgan fingerprint density at radius 1 is 0.943 bits per heavy atom. The molecule has 7 N–H and O–H groups in total. The second kappa shape index (κ2) is 8.88. The molecule has 188 valence electrons. The highest BCUT2D eigenvalue weighted by Gasteiger charge is 2.39. The molecule has 15 heteroatoms. The van der Waals surface area contributed by atoms with Crippen LogP contribution in [0.1, 0.15) is 0 Å². The monoisotopic (exact) mass is 514 g/mol. The molecule has 1 saturated heterocycles. The standard InChI is InChI=1S/C20H18O14S/c21-9-2-1-7(3-10(9)22)18-19(34-35(28,29)30)16(26)14-11(23)4-8(5-13(14)33-18)32-20-17(27)15(25)12(24)6-31-20/h1-5,12,15,17,20-25,27H,6H2,(H,28,29,30)/t12?,15-,17?,20-/m0/s1. The minimum absolute atomic E-state index is 0.160. The summed E-state index contributed by atoms with van der Waals surface area (Å²) >= 11 is 0. The van der Waals surface area contributed by atoms with E-state index in [1.165, 1.54) is 0 Å². The van der Waals surface area contributed by atoms with Crippen LogP contribution >= 0.6 is 0 Å². The molecule has 0 bridgehead atoms. The van der Waals surface area contributed by atoms with Crippen molar-refractivity contribution >= 4 is 21.4 Å². The zero-order chi connectivity index (χ0) is 25.7. The van der Waals surface area contributed by atoms with Crippen molar-refractivity contribution in [2.45, 2.75) is 24.6 Å². The Morgan fingerprint density at radius 3 is 2.31 bits per heavy atom. The van der Waals surface area contributed by atoms with Gasteiger partial charge in [0.1, 0.15) is 40.8 Å². The molecule has 14 nitrogen and oxygen atoms in total. The average Bonchev–Trinajstić information content (AvgIpc) is 2.77. The Balaban J connectivity index is 1.87. The minimum Gasteiger partial charge on any atom is -0.507 e. The number of phenols is 3. The summed E-state index contributed by atoms with van der Waals surface area (Å²) < 4.78 is 52.2. The fourth-order valence-corrected chi connectivity index (χ4v) is 3.74. The molecule has 2 aromatic carbocycles. The zero-order valence-corrected chi connectivity index (χ0v) is 18.1. The van der Waals surface area contributed by atoms with Crippen LogP contribution in [0.5, 0.6) is 28.7 Å². The van der Waals surface area contributed by atoms with Gasteiger partial charge >= 0.3 is 10.4 Å². The lowest BCUT2D eigenvalue weighted by Crippen LogP contribution is -2.54. The van der Waals surface area contributed by atoms with Crippen LogP contribution in [0.4, 0.5) is 0 Å². The molecule has 0 radical (unpaired) electrons. The zero-order valence-electron chi connectivity index (χ0n) is 17.3. The molecule has 3 aromatic rings. The third-order valence-corrected chi connectivity index (χ3v) is 5.42. The highest BCUT2D eigenvalue weighted by Crippen LogP contribution is 2.39. The topological polar surface area (TPSA) is 234 Å². The van der Waals surface area contributed by atoms with E-state index in [-0.39, 0.29) is 23.5 Å². The number of benzene rings is 2. The number of aromatic hydroxyl groups is 3. The van der Waals surface area contributed by atoms with E-state index < -0.39 is 74.6 Å². The van der Waals surface area contributed by atoms with Gasteiger partial charge in [0, 0.05) is 17.7 Å². The van der Waals surface area contributed by atoms with E-state index in [0.29, 0.717) is 0 Å². The second-order valence-corrected chi connectivity index (χ2v) is 8.51. The molecule has 35 heavy (non-hydrogen) atoms. The SMILES string of the molecule is O=c1c(OS(=O)(=O)O)c(-c2ccc(O)c(O)c2)oc2cc(O[C@@H]3OCC(O)[C@H](O)C3O)cc(O)c12. The van der Waals surface area contributed by atoms with Crippen molar-refractivity contribution in [2.24, 2.45) is 0 Å². The summed E-state index contributed by atoms with van der Waals surface area (Å²) in [6.07, 6.45) is -6.11. The van der Waals surface area contributed by atoms with Gasteiger partial charge in [-0.1, -0.05) is 0 Å². The fourth-order valence-electron chi connectivity index (χ4n) is 3.38. The number of rotatable bonds is 5. The van der Waals surface area contributed by atoms with E-state index in [1.807, 2.05) is 0 Å². The number of aliphatic hydroxyl groups is 3. The molecule has 1 fully saturated rings. The number of fused-ring (bicyclic) bond motifs is 1. The Kier molecular flexibility index (Phi) is 6.22. The van der Waals surface area contributed by atoms with Crippen LogP contribution in [0, 0.1) is 0 Å². The van der Waals surface area contributed by atoms with Crippen LogP contribution in [-0.2, 0) is 15.1 Å². The quantitative estimate of drug-likeness (QED) is 0.169. The maximum atomic E-state index is 13.0. The largest absolute Gasteiger partial charge is 0.507 e. The summed E-state index contributed by atoms with van der Waals surface area (Å²) in [5.41, 5.74) is -1.78. The first-order valence-electron chi connectivity index (χ1n) is 9.71. The highest BCUT2D eigenvalue weighted by molar-refractivity contribution is 7.81. The van der Waals surface area contributed by atoms with Crippen molar-refractivity contribution in [1.82, 2.24) is 0 Å². The van der Waals surface area contributed by atoms with Gasteiger partial charge in [-0.05, 0) is 18.2 Å². The van der Waals surface area contributed by atoms with Gasteiger partial charge in [0.05, 0.1) is 6.61 Å². The normalized spacial score (nSPS) is 22.7. The van der Waals surface area contributed by atoms with E-state index in [1.54, 1.807) is 0 Å². The smallest absolute Gasteiger partial charge is 0.446 e. The van der Waals surface area contributed by atoms with E-state index in [9.17, 15) is 43.9 Å². The first kappa shape index (κ1) is 24.5. The van der Waals surface area contributed by atoms with E-state index in [4.69, 9.17) is 18.4 Å². The lowest BCUT2D eigenvalue weighted by molar-refractivity contribution is -0.242. The van der Waals surface area contributed by atoms with Crippen LogP contribution in [0.15, 0.2) is 39.5 Å². The molecule has 1 aliphatic rings. The van der Waals surface area contributed by atoms with Crippen molar-refractivity contribution in [3.8, 4) is 40.1 Å². The van der Waals surface area contributed by atoms with Gasteiger partial charge < -0.3 is 48.7 Å². The molecule has 4 rings (SSSR count). The van der Waals surface area contributed by atoms with Gasteiger partial charge in [0.15, 0.2) is 17.3 Å². The van der Waals surface area contributed by atoms with Crippen LogP contribution in [0.25, 0.3) is 22.3 Å². The third kappa shape index (κ3) is 4.81. The van der Waals surface area contributed by atoms with E-state index in [2.05, 4.69) is 4.18 Å². The summed E-state index contributed by atoms with van der Waals surface area (Å²) in [5.74, 6) is -3.88. The molecule has 0 spiro atoms. The van der Waals surface area contributed by atoms with Crippen LogP contribution in [0.2, 0.25) is 0 Å². The molecule has 1 aromatic heterocycles. The van der Waals surface area contributed by atoms with Gasteiger partial charge in [0.2, 0.25) is 17.5 Å². The van der Waals surface area contributed by atoms with Crippen molar-refractivity contribution in [2.75, 3.05) is 6.61 Å². The molecule has 0 saturated carbocycles. The summed E-state index contributed by atoms with van der Waals surface area (Å²) in [7, 11) is -5.24. The van der Waals surface area contributed by atoms with Crippen LogP contribution in [0.3, 0.4) is 0 Å². The summed E-state index contributed by atoms with van der Waals surface area (Å²) in [4.78, 5) is 13.0. The number of hydrogen-bond donors (Lipinski definition) is 7. The molecular formula is C20H18O14S. The predicted molar refractivity (Wildman–Crippen MR) is 113 cm³/mol. The molecule has 4 atom stereocenters. The van der Waals surface area contributed by atoms with E-state index in [0.717, 1.165) is 30.3 Å². The van der Waals surface area contributed by atoms with Crippen LogP contribution < -0.4 is 14.3 Å². The third-order valence-electron chi connectivity index (χ3n) is 5.04. The molecule has 2 heterocycles. The number of hydrogen-bond acceptors (Lipinski definition) is 13. The maximum Gasteiger partial charge on any atom is 0.446 e. The Labute approximate surface area is 195 Å². The van der Waals surface area contributed by atoms with Crippen molar-refractivity contribution in [3.63, 3.8) is 0 Å². The Hall–Kier alpha value is -3.60. The first-order chi connectivity index (χ1) is 16.4. The van der Waals surface area contributed by atoms with Gasteiger partial charge in [-0.3, -0.25) is 9.35 Å². The van der Waals surface area contributed by atoms with Gasteiger partial charge in [-0.25, -0.2) is 0 Å². The number of aliphatic hydroxyl groups excluding tert-OH is 3. The fraction of sp³-hybridized carbons (Fsp3) is 0.250. The Bertz CT molecular complexity index is 1450. The maximum absolute atomic E-state index is 13.0. The van der Waals surface area contributed by atoms with Gasteiger partial charge in [-0.2, -0.15) is 8.42 Å². The lowest BCUT2D eigenvalue weighted by Gasteiger charge is -2.34. The molecular weight excluding hydrogens is 496 g/mol.